The zero-order valence-electron chi connectivity index (χ0n) is 6.30. The fourth-order valence-electron chi connectivity index (χ4n) is 1.51. The Morgan fingerprint density at radius 2 is 2.11 bits per heavy atom. The van der Waals surface area contributed by atoms with Crippen molar-refractivity contribution in [3.63, 3.8) is 0 Å². The maximum absolute atomic E-state index is 9.09. The van der Waals surface area contributed by atoms with E-state index in [1.165, 1.54) is 19.3 Å². The first-order valence-electron chi connectivity index (χ1n) is 3.92. The lowest BCUT2D eigenvalue weighted by molar-refractivity contribution is 0.0389. The summed E-state index contributed by atoms with van der Waals surface area (Å²) in [6.07, 6.45) is 3.75. The topological polar surface area (TPSA) is 20.2 Å². The van der Waals surface area contributed by atoms with Crippen molar-refractivity contribution in [2.24, 2.45) is 11.8 Å². The first-order valence-corrected chi connectivity index (χ1v) is 3.92. The molecule has 0 aromatic carbocycles. The Morgan fingerprint density at radius 1 is 1.56 bits per heavy atom. The van der Waals surface area contributed by atoms with E-state index in [1.54, 1.807) is 0 Å². The molecule has 1 N–H and O–H groups in total. The minimum Gasteiger partial charge on any atom is -0.393 e. The van der Waals surface area contributed by atoms with Crippen molar-refractivity contribution in [1.82, 2.24) is 0 Å². The molecule has 1 rings (SSSR count). The van der Waals surface area contributed by atoms with Crippen LogP contribution in [0.5, 0.6) is 0 Å². The number of hydrogen-bond acceptors (Lipinski definition) is 1. The van der Waals surface area contributed by atoms with E-state index in [2.05, 4.69) is 6.92 Å². The van der Waals surface area contributed by atoms with E-state index >= 15 is 0 Å². The van der Waals surface area contributed by atoms with E-state index in [0.29, 0.717) is 5.92 Å². The van der Waals surface area contributed by atoms with E-state index in [9.17, 15) is 0 Å². The normalized spacial score (nSPS) is 37.7. The SMILES string of the molecule is CCC1CC(C(C)O)C1. The smallest absolute Gasteiger partial charge is 0.0540 e. The molecule has 1 nitrogen and oxygen atoms in total. The molecule has 9 heavy (non-hydrogen) atoms. The second kappa shape index (κ2) is 2.70. The largest absolute Gasteiger partial charge is 0.393 e. The van der Waals surface area contributed by atoms with E-state index in [-0.39, 0.29) is 6.10 Å². The van der Waals surface area contributed by atoms with Crippen LogP contribution in [0.4, 0.5) is 0 Å². The monoisotopic (exact) mass is 128 g/mol. The molecule has 0 radical (unpaired) electrons. The predicted octanol–water partition coefficient (Wildman–Crippen LogP) is 1.80. The van der Waals surface area contributed by atoms with Crippen molar-refractivity contribution in [2.45, 2.75) is 39.2 Å². The number of aliphatic hydroxyl groups is 1. The highest BCUT2D eigenvalue weighted by molar-refractivity contribution is 4.81. The van der Waals surface area contributed by atoms with Gasteiger partial charge in [0.15, 0.2) is 0 Å². The fraction of sp³-hybridized carbons (Fsp3) is 1.00. The molecule has 1 saturated carbocycles. The van der Waals surface area contributed by atoms with Gasteiger partial charge in [-0.3, -0.25) is 0 Å². The summed E-state index contributed by atoms with van der Waals surface area (Å²) < 4.78 is 0. The Balaban J connectivity index is 2.12. The van der Waals surface area contributed by atoms with Gasteiger partial charge in [-0.15, -0.1) is 0 Å². The first-order chi connectivity index (χ1) is 4.24. The molecule has 0 spiro atoms. The highest BCUT2D eigenvalue weighted by atomic mass is 16.3. The van der Waals surface area contributed by atoms with Gasteiger partial charge in [0.2, 0.25) is 0 Å². The molecule has 1 atom stereocenters. The van der Waals surface area contributed by atoms with Crippen molar-refractivity contribution in [2.75, 3.05) is 0 Å². The third-order valence-corrected chi connectivity index (χ3v) is 2.53. The maximum atomic E-state index is 9.09. The highest BCUT2D eigenvalue weighted by Crippen LogP contribution is 2.37. The molecule has 0 heterocycles. The van der Waals surface area contributed by atoms with Gasteiger partial charge in [-0.25, -0.2) is 0 Å². The van der Waals surface area contributed by atoms with E-state index in [0.717, 1.165) is 5.92 Å². The van der Waals surface area contributed by atoms with Crippen LogP contribution in [0.25, 0.3) is 0 Å². The molecule has 0 aromatic heterocycles. The number of aliphatic hydroxyl groups excluding tert-OH is 1. The van der Waals surface area contributed by atoms with Crippen LogP contribution in [0.2, 0.25) is 0 Å². The van der Waals surface area contributed by atoms with Crippen LogP contribution in [-0.2, 0) is 0 Å². The van der Waals surface area contributed by atoms with Gasteiger partial charge in [0.25, 0.3) is 0 Å². The Labute approximate surface area is 57.1 Å². The van der Waals surface area contributed by atoms with Gasteiger partial charge in [0.1, 0.15) is 0 Å². The Bertz CT molecular complexity index is 82.6. The minimum atomic E-state index is -0.0622. The van der Waals surface area contributed by atoms with Crippen molar-refractivity contribution in [3.8, 4) is 0 Å². The van der Waals surface area contributed by atoms with Crippen molar-refractivity contribution in [1.29, 1.82) is 0 Å². The average Bonchev–Trinajstić information content (AvgIpc) is 1.61. The van der Waals surface area contributed by atoms with Crippen LogP contribution in [0.3, 0.4) is 0 Å². The number of rotatable bonds is 2. The molecular weight excluding hydrogens is 112 g/mol. The molecule has 0 aromatic rings. The first kappa shape index (κ1) is 7.07. The third-order valence-electron chi connectivity index (χ3n) is 2.53. The summed E-state index contributed by atoms with van der Waals surface area (Å²) in [4.78, 5) is 0. The molecule has 1 unspecified atom stereocenters. The molecule has 1 aliphatic rings. The molecule has 0 saturated heterocycles. The minimum absolute atomic E-state index is 0.0622. The fourth-order valence-corrected chi connectivity index (χ4v) is 1.51. The summed E-state index contributed by atoms with van der Waals surface area (Å²) in [6, 6.07) is 0. The molecule has 0 bridgehead atoms. The van der Waals surface area contributed by atoms with E-state index < -0.39 is 0 Å². The molecule has 54 valence electrons. The molecule has 1 heteroatoms. The Hall–Kier alpha value is -0.0400. The summed E-state index contributed by atoms with van der Waals surface area (Å²) in [5.74, 6) is 1.54. The standard InChI is InChI=1S/C8H16O/c1-3-7-4-8(5-7)6(2)9/h6-9H,3-5H2,1-2H3. The van der Waals surface area contributed by atoms with Crippen molar-refractivity contribution >= 4 is 0 Å². The summed E-state index contributed by atoms with van der Waals surface area (Å²) >= 11 is 0. The highest BCUT2D eigenvalue weighted by Gasteiger charge is 2.30. The zero-order valence-corrected chi connectivity index (χ0v) is 6.30. The molecule has 1 aliphatic carbocycles. The molecule has 1 fully saturated rings. The van der Waals surface area contributed by atoms with Crippen LogP contribution in [-0.4, -0.2) is 11.2 Å². The van der Waals surface area contributed by atoms with Crippen LogP contribution < -0.4 is 0 Å². The van der Waals surface area contributed by atoms with E-state index in [4.69, 9.17) is 5.11 Å². The van der Waals surface area contributed by atoms with Gasteiger partial charge in [0, 0.05) is 0 Å². The van der Waals surface area contributed by atoms with Crippen LogP contribution in [0, 0.1) is 11.8 Å². The lowest BCUT2D eigenvalue weighted by Gasteiger charge is -2.36. The molecule has 0 amide bonds. The van der Waals surface area contributed by atoms with Gasteiger partial charge < -0.3 is 5.11 Å². The maximum Gasteiger partial charge on any atom is 0.0540 e. The Morgan fingerprint density at radius 3 is 2.44 bits per heavy atom. The quantitative estimate of drug-likeness (QED) is 0.601. The number of hydrogen-bond donors (Lipinski definition) is 1. The van der Waals surface area contributed by atoms with Gasteiger partial charge in [-0.1, -0.05) is 13.3 Å². The summed E-state index contributed by atoms with van der Waals surface area (Å²) in [5.41, 5.74) is 0. The average molecular weight is 128 g/mol. The van der Waals surface area contributed by atoms with Crippen LogP contribution >= 0.6 is 0 Å². The zero-order chi connectivity index (χ0) is 6.85. The second-order valence-corrected chi connectivity index (χ2v) is 3.25. The summed E-state index contributed by atoms with van der Waals surface area (Å²) in [5, 5.41) is 9.09. The summed E-state index contributed by atoms with van der Waals surface area (Å²) in [7, 11) is 0. The van der Waals surface area contributed by atoms with Gasteiger partial charge in [-0.05, 0) is 31.6 Å². The third kappa shape index (κ3) is 1.45. The van der Waals surface area contributed by atoms with Gasteiger partial charge in [-0.2, -0.15) is 0 Å². The van der Waals surface area contributed by atoms with Crippen molar-refractivity contribution in [3.05, 3.63) is 0 Å². The lowest BCUT2D eigenvalue weighted by Crippen LogP contribution is -2.31. The van der Waals surface area contributed by atoms with Crippen LogP contribution in [0.15, 0.2) is 0 Å². The lowest BCUT2D eigenvalue weighted by atomic mass is 9.71. The van der Waals surface area contributed by atoms with Gasteiger partial charge >= 0.3 is 0 Å². The molecule has 0 aliphatic heterocycles. The van der Waals surface area contributed by atoms with E-state index in [1.807, 2.05) is 6.92 Å². The van der Waals surface area contributed by atoms with Crippen molar-refractivity contribution < 1.29 is 5.11 Å². The second-order valence-electron chi connectivity index (χ2n) is 3.25. The predicted molar refractivity (Wildman–Crippen MR) is 38.2 cm³/mol. The Kier molecular flexibility index (Phi) is 2.12. The molecular formula is C8H16O. The summed E-state index contributed by atoms with van der Waals surface area (Å²) in [6.45, 7) is 4.12. The van der Waals surface area contributed by atoms with Crippen LogP contribution in [0.1, 0.15) is 33.1 Å². The van der Waals surface area contributed by atoms with Gasteiger partial charge in [0.05, 0.1) is 6.10 Å².